The number of aryl methyl sites for hydroxylation is 1. The van der Waals surface area contributed by atoms with Gasteiger partial charge < -0.3 is 15.4 Å². The van der Waals surface area contributed by atoms with Crippen molar-refractivity contribution in [3.05, 3.63) is 28.2 Å². The molecule has 0 radical (unpaired) electrons. The Morgan fingerprint density at radius 2 is 1.89 bits per heavy atom. The van der Waals surface area contributed by atoms with Gasteiger partial charge >= 0.3 is 5.97 Å². The van der Waals surface area contributed by atoms with Crippen molar-refractivity contribution < 1.29 is 19.1 Å². The van der Waals surface area contributed by atoms with E-state index in [4.69, 9.17) is 4.74 Å². The Bertz CT molecular complexity index is 672. The molecule has 1 aliphatic rings. The van der Waals surface area contributed by atoms with E-state index in [0.29, 0.717) is 18.0 Å². The third-order valence-corrected chi connectivity index (χ3v) is 5.25. The number of nitrogens with one attached hydrogen (secondary N) is 2. The zero-order valence-electron chi connectivity index (χ0n) is 15.7. The van der Waals surface area contributed by atoms with Crippen LogP contribution < -0.4 is 10.6 Å². The number of benzene rings is 1. The summed E-state index contributed by atoms with van der Waals surface area (Å²) in [7, 11) is 0. The van der Waals surface area contributed by atoms with Gasteiger partial charge in [0.25, 0.3) is 5.91 Å². The number of esters is 1. The smallest absolute Gasteiger partial charge is 0.306 e. The molecule has 0 heterocycles. The molecule has 0 aliphatic heterocycles. The van der Waals surface area contributed by atoms with E-state index in [1.807, 2.05) is 19.1 Å². The fraction of sp³-hybridized carbons (Fsp3) is 0.550. The summed E-state index contributed by atoms with van der Waals surface area (Å²) < 4.78 is 5.92. The van der Waals surface area contributed by atoms with Crippen molar-refractivity contribution in [2.24, 2.45) is 5.92 Å². The number of carbonyl (C=O) groups excluding carboxylic acids is 3. The van der Waals surface area contributed by atoms with Gasteiger partial charge in [0.15, 0.2) is 6.61 Å². The molecule has 0 aromatic heterocycles. The number of rotatable bonds is 8. The number of ether oxygens (including phenoxy) is 1. The second kappa shape index (κ2) is 11.1. The predicted molar refractivity (Wildman–Crippen MR) is 107 cm³/mol. The summed E-state index contributed by atoms with van der Waals surface area (Å²) in [5.41, 5.74) is 1.60. The van der Waals surface area contributed by atoms with Gasteiger partial charge in [-0.15, -0.1) is 0 Å². The maximum absolute atomic E-state index is 11.9. The first-order valence-electron chi connectivity index (χ1n) is 9.42. The third-order valence-electron chi connectivity index (χ3n) is 4.75. The highest BCUT2D eigenvalue weighted by atomic mass is 79.9. The molecular formula is C20H27BrN2O4. The highest BCUT2D eigenvalue weighted by Crippen LogP contribution is 2.27. The van der Waals surface area contributed by atoms with Crippen LogP contribution in [-0.4, -0.2) is 30.9 Å². The molecule has 1 saturated carbocycles. The van der Waals surface area contributed by atoms with Crippen LogP contribution in [0.2, 0.25) is 0 Å². The fourth-order valence-electron chi connectivity index (χ4n) is 3.21. The minimum atomic E-state index is -0.483. The zero-order valence-corrected chi connectivity index (χ0v) is 17.3. The molecule has 6 nitrogen and oxygen atoms in total. The lowest BCUT2D eigenvalue weighted by molar-refractivity contribution is -0.148. The molecule has 1 fully saturated rings. The fourth-order valence-corrected chi connectivity index (χ4v) is 3.68. The summed E-state index contributed by atoms with van der Waals surface area (Å²) in [6.45, 7) is 1.35. The Morgan fingerprint density at radius 3 is 2.59 bits per heavy atom. The summed E-state index contributed by atoms with van der Waals surface area (Å²) in [5.74, 6) is -0.572. The minimum Gasteiger partial charge on any atom is -0.456 e. The van der Waals surface area contributed by atoms with Crippen LogP contribution in [0, 0.1) is 12.8 Å². The van der Waals surface area contributed by atoms with E-state index >= 15 is 0 Å². The molecule has 0 unspecified atom stereocenters. The first kappa shape index (κ1) is 21.4. The van der Waals surface area contributed by atoms with Gasteiger partial charge in [0.1, 0.15) is 0 Å². The molecule has 2 rings (SSSR count). The Balaban J connectivity index is 1.60. The Kier molecular flexibility index (Phi) is 8.78. The van der Waals surface area contributed by atoms with Gasteiger partial charge in [-0.2, -0.15) is 0 Å². The third kappa shape index (κ3) is 8.12. The van der Waals surface area contributed by atoms with Crippen LogP contribution in [0.15, 0.2) is 22.7 Å². The van der Waals surface area contributed by atoms with Crippen molar-refractivity contribution in [2.75, 3.05) is 18.5 Å². The van der Waals surface area contributed by atoms with Crippen molar-refractivity contribution >= 4 is 39.4 Å². The SMILES string of the molecule is Cc1cc(Br)ccc1NC(=O)CNC(=O)COC(=O)CCC1CCCCC1. The Morgan fingerprint density at radius 1 is 1.15 bits per heavy atom. The minimum absolute atomic E-state index is 0.173. The van der Waals surface area contributed by atoms with Crippen molar-refractivity contribution in [3.63, 3.8) is 0 Å². The van der Waals surface area contributed by atoms with Crippen molar-refractivity contribution in [1.29, 1.82) is 0 Å². The molecule has 2 amide bonds. The van der Waals surface area contributed by atoms with E-state index in [9.17, 15) is 14.4 Å². The van der Waals surface area contributed by atoms with Crippen molar-refractivity contribution in [2.45, 2.75) is 51.9 Å². The number of hydrogen-bond donors (Lipinski definition) is 2. The maximum atomic E-state index is 11.9. The van der Waals surface area contributed by atoms with E-state index in [1.165, 1.54) is 32.1 Å². The quantitative estimate of drug-likeness (QED) is 0.605. The molecule has 0 spiro atoms. The summed E-state index contributed by atoms with van der Waals surface area (Å²) in [6, 6.07) is 5.50. The number of halogens is 1. The van der Waals surface area contributed by atoms with Gasteiger partial charge in [0, 0.05) is 16.6 Å². The largest absolute Gasteiger partial charge is 0.456 e. The Hall–Kier alpha value is -1.89. The number of anilines is 1. The van der Waals surface area contributed by atoms with Crippen LogP contribution in [0.3, 0.4) is 0 Å². The molecule has 0 bridgehead atoms. The van der Waals surface area contributed by atoms with Crippen molar-refractivity contribution in [3.8, 4) is 0 Å². The molecule has 0 atom stereocenters. The molecule has 1 aromatic carbocycles. The molecule has 0 saturated heterocycles. The second-order valence-corrected chi connectivity index (χ2v) is 7.90. The molecular weight excluding hydrogens is 412 g/mol. The first-order valence-corrected chi connectivity index (χ1v) is 10.2. The van der Waals surface area contributed by atoms with Crippen LogP contribution >= 0.6 is 15.9 Å². The first-order chi connectivity index (χ1) is 12.9. The van der Waals surface area contributed by atoms with Crippen LogP contribution in [0.1, 0.15) is 50.5 Å². The second-order valence-electron chi connectivity index (χ2n) is 6.99. The number of amides is 2. The standard InChI is InChI=1S/C20H27BrN2O4/c1-14-11-16(21)8-9-17(14)23-18(24)12-22-19(25)13-27-20(26)10-7-15-5-3-2-4-6-15/h8-9,11,15H,2-7,10,12-13H2,1H3,(H,22,25)(H,23,24). The van der Waals surface area contributed by atoms with Gasteiger partial charge in [0.2, 0.25) is 5.91 Å². The maximum Gasteiger partial charge on any atom is 0.306 e. The summed E-state index contributed by atoms with van der Waals surface area (Å²) in [6.07, 6.45) is 7.31. The molecule has 2 N–H and O–H groups in total. The van der Waals surface area contributed by atoms with Crippen LogP contribution in [0.25, 0.3) is 0 Å². The van der Waals surface area contributed by atoms with Gasteiger partial charge in [0.05, 0.1) is 6.54 Å². The topological polar surface area (TPSA) is 84.5 Å². The van der Waals surface area contributed by atoms with E-state index < -0.39 is 5.91 Å². The van der Waals surface area contributed by atoms with Crippen LogP contribution in [0.5, 0.6) is 0 Å². The number of carbonyl (C=O) groups is 3. The molecule has 7 heteroatoms. The highest BCUT2D eigenvalue weighted by Gasteiger charge is 2.16. The van der Waals surface area contributed by atoms with Gasteiger partial charge in [-0.3, -0.25) is 14.4 Å². The van der Waals surface area contributed by atoms with Crippen LogP contribution in [-0.2, 0) is 19.1 Å². The molecule has 1 aliphatic carbocycles. The van der Waals surface area contributed by atoms with Crippen LogP contribution in [0.4, 0.5) is 5.69 Å². The lowest BCUT2D eigenvalue weighted by atomic mass is 9.86. The van der Waals surface area contributed by atoms with E-state index in [-0.39, 0.29) is 25.0 Å². The summed E-state index contributed by atoms with van der Waals surface area (Å²) in [5, 5.41) is 5.19. The Labute approximate surface area is 168 Å². The lowest BCUT2D eigenvalue weighted by Crippen LogP contribution is -2.35. The van der Waals surface area contributed by atoms with Gasteiger partial charge in [-0.05, 0) is 43.0 Å². The molecule has 148 valence electrons. The number of hydrogen-bond acceptors (Lipinski definition) is 4. The van der Waals surface area contributed by atoms with E-state index in [2.05, 4.69) is 26.6 Å². The average molecular weight is 439 g/mol. The summed E-state index contributed by atoms with van der Waals surface area (Å²) >= 11 is 3.36. The monoisotopic (exact) mass is 438 g/mol. The summed E-state index contributed by atoms with van der Waals surface area (Å²) in [4.78, 5) is 35.4. The van der Waals surface area contributed by atoms with E-state index in [0.717, 1.165) is 16.5 Å². The highest BCUT2D eigenvalue weighted by molar-refractivity contribution is 9.10. The normalized spacial score (nSPS) is 14.4. The van der Waals surface area contributed by atoms with Gasteiger partial charge in [-0.25, -0.2) is 0 Å². The predicted octanol–water partition coefficient (Wildman–Crippen LogP) is 3.72. The molecule has 1 aromatic rings. The zero-order chi connectivity index (χ0) is 19.6. The van der Waals surface area contributed by atoms with E-state index in [1.54, 1.807) is 6.07 Å². The van der Waals surface area contributed by atoms with Gasteiger partial charge in [-0.1, -0.05) is 48.0 Å². The molecule has 27 heavy (non-hydrogen) atoms. The van der Waals surface area contributed by atoms with Crippen molar-refractivity contribution in [1.82, 2.24) is 5.32 Å². The average Bonchev–Trinajstić information content (AvgIpc) is 2.66. The lowest BCUT2D eigenvalue weighted by Gasteiger charge is -2.20.